The van der Waals surface area contributed by atoms with Gasteiger partial charge in [0.1, 0.15) is 0 Å². The molecule has 2 nitrogen and oxygen atoms in total. The molecule has 2 aliphatic rings. The highest BCUT2D eigenvalue weighted by molar-refractivity contribution is 5.15. The normalized spacial score (nSPS) is 31.1. The summed E-state index contributed by atoms with van der Waals surface area (Å²) in [5.74, 6) is 1.84. The average molecular weight is 244 g/mol. The van der Waals surface area contributed by atoms with Crippen LogP contribution in [0.15, 0.2) is 30.3 Å². The summed E-state index contributed by atoms with van der Waals surface area (Å²) < 4.78 is 0. The third kappa shape index (κ3) is 2.32. The van der Waals surface area contributed by atoms with E-state index in [1.165, 1.54) is 31.5 Å². The molecule has 1 aromatic rings. The highest BCUT2D eigenvalue weighted by atomic mass is 15.2. The summed E-state index contributed by atoms with van der Waals surface area (Å²) in [4.78, 5) is 2.71. The van der Waals surface area contributed by atoms with Crippen molar-refractivity contribution in [3.63, 3.8) is 0 Å². The van der Waals surface area contributed by atoms with E-state index in [1.807, 2.05) is 0 Å². The Bertz CT molecular complexity index is 376. The molecule has 1 aliphatic heterocycles. The summed E-state index contributed by atoms with van der Waals surface area (Å²) in [6, 6.07) is 11.7. The van der Waals surface area contributed by atoms with E-state index in [0.29, 0.717) is 0 Å². The molecule has 1 saturated carbocycles. The van der Waals surface area contributed by atoms with Crippen LogP contribution in [-0.2, 0) is 6.54 Å². The third-order valence-electron chi connectivity index (χ3n) is 4.73. The SMILES string of the molecule is CCNCC1C2CCC1N(Cc1ccccc1)C2. The molecule has 1 heterocycles. The third-order valence-corrected chi connectivity index (χ3v) is 4.73. The van der Waals surface area contributed by atoms with Crippen molar-refractivity contribution in [1.29, 1.82) is 0 Å². The standard InChI is InChI=1S/C16H24N2/c1-2-17-10-15-14-8-9-16(15)18(12-14)11-13-6-4-3-5-7-13/h3-7,14-17H,2,8-12H2,1H3. The number of likely N-dealkylation sites (tertiary alicyclic amines) is 1. The van der Waals surface area contributed by atoms with E-state index < -0.39 is 0 Å². The molecular formula is C16H24N2. The molecule has 0 radical (unpaired) electrons. The zero-order valence-corrected chi connectivity index (χ0v) is 11.3. The quantitative estimate of drug-likeness (QED) is 0.856. The number of hydrogen-bond donors (Lipinski definition) is 1. The van der Waals surface area contributed by atoms with Crippen LogP contribution in [0.25, 0.3) is 0 Å². The molecule has 2 bridgehead atoms. The predicted molar refractivity (Wildman–Crippen MR) is 75.4 cm³/mol. The van der Waals surface area contributed by atoms with Crippen molar-refractivity contribution in [3.8, 4) is 0 Å². The maximum atomic E-state index is 3.55. The van der Waals surface area contributed by atoms with Crippen molar-refractivity contribution < 1.29 is 0 Å². The van der Waals surface area contributed by atoms with Gasteiger partial charge < -0.3 is 5.32 Å². The zero-order valence-electron chi connectivity index (χ0n) is 11.3. The molecule has 1 N–H and O–H groups in total. The minimum Gasteiger partial charge on any atom is -0.317 e. The van der Waals surface area contributed by atoms with Gasteiger partial charge in [-0.3, -0.25) is 4.90 Å². The number of nitrogens with zero attached hydrogens (tertiary/aromatic N) is 1. The number of fused-ring (bicyclic) bond motifs is 2. The Labute approximate surface area is 110 Å². The lowest BCUT2D eigenvalue weighted by molar-refractivity contribution is 0.197. The lowest BCUT2D eigenvalue weighted by Gasteiger charge is -2.27. The molecule has 98 valence electrons. The Balaban J connectivity index is 1.62. The second-order valence-corrected chi connectivity index (χ2v) is 5.79. The Morgan fingerprint density at radius 3 is 2.83 bits per heavy atom. The number of nitrogens with one attached hydrogen (secondary N) is 1. The average Bonchev–Trinajstić information content (AvgIpc) is 2.94. The number of rotatable bonds is 5. The molecule has 2 fully saturated rings. The molecule has 18 heavy (non-hydrogen) atoms. The molecule has 3 atom stereocenters. The van der Waals surface area contributed by atoms with Crippen molar-refractivity contribution in [3.05, 3.63) is 35.9 Å². The first kappa shape index (κ1) is 12.2. The van der Waals surface area contributed by atoms with Gasteiger partial charge in [0.25, 0.3) is 0 Å². The van der Waals surface area contributed by atoms with Crippen molar-refractivity contribution in [2.24, 2.45) is 11.8 Å². The second-order valence-electron chi connectivity index (χ2n) is 5.79. The van der Waals surface area contributed by atoms with E-state index in [4.69, 9.17) is 0 Å². The molecule has 3 rings (SSSR count). The van der Waals surface area contributed by atoms with Gasteiger partial charge in [-0.2, -0.15) is 0 Å². The molecule has 0 spiro atoms. The van der Waals surface area contributed by atoms with Gasteiger partial charge in [0.2, 0.25) is 0 Å². The van der Waals surface area contributed by atoms with Crippen molar-refractivity contribution in [1.82, 2.24) is 10.2 Å². The highest BCUT2D eigenvalue weighted by Gasteiger charge is 2.45. The first-order chi connectivity index (χ1) is 8.88. The van der Waals surface area contributed by atoms with Gasteiger partial charge in [-0.25, -0.2) is 0 Å². The topological polar surface area (TPSA) is 15.3 Å². The molecule has 2 heteroatoms. The smallest absolute Gasteiger partial charge is 0.0236 e. The zero-order chi connectivity index (χ0) is 12.4. The van der Waals surface area contributed by atoms with Crippen LogP contribution in [-0.4, -0.2) is 30.6 Å². The van der Waals surface area contributed by atoms with Gasteiger partial charge in [0.15, 0.2) is 0 Å². The predicted octanol–water partition coefficient (Wildman–Crippen LogP) is 2.51. The maximum Gasteiger partial charge on any atom is 0.0236 e. The summed E-state index contributed by atoms with van der Waals surface area (Å²) in [6.45, 7) is 6.99. The van der Waals surface area contributed by atoms with Gasteiger partial charge in [-0.1, -0.05) is 37.3 Å². The van der Waals surface area contributed by atoms with Crippen molar-refractivity contribution in [2.45, 2.75) is 32.4 Å². The molecule has 1 aromatic carbocycles. The summed E-state index contributed by atoms with van der Waals surface area (Å²) in [5.41, 5.74) is 1.47. The highest BCUT2D eigenvalue weighted by Crippen LogP contribution is 2.42. The van der Waals surface area contributed by atoms with E-state index in [0.717, 1.165) is 31.0 Å². The lowest BCUT2D eigenvalue weighted by atomic mass is 9.98. The van der Waals surface area contributed by atoms with Crippen LogP contribution in [0, 0.1) is 11.8 Å². The minimum absolute atomic E-state index is 0.828. The Hall–Kier alpha value is -0.860. The number of hydrogen-bond acceptors (Lipinski definition) is 2. The van der Waals surface area contributed by atoms with E-state index in [1.54, 1.807) is 0 Å². The van der Waals surface area contributed by atoms with Gasteiger partial charge in [0.05, 0.1) is 0 Å². The largest absolute Gasteiger partial charge is 0.317 e. The summed E-state index contributed by atoms with van der Waals surface area (Å²) >= 11 is 0. The number of piperidine rings is 1. The molecule has 1 saturated heterocycles. The van der Waals surface area contributed by atoms with Crippen LogP contribution >= 0.6 is 0 Å². The minimum atomic E-state index is 0.828. The van der Waals surface area contributed by atoms with E-state index in [9.17, 15) is 0 Å². The first-order valence-electron chi connectivity index (χ1n) is 7.37. The van der Waals surface area contributed by atoms with Crippen LogP contribution in [0.5, 0.6) is 0 Å². The first-order valence-corrected chi connectivity index (χ1v) is 7.37. The molecular weight excluding hydrogens is 220 g/mol. The van der Waals surface area contributed by atoms with E-state index in [2.05, 4.69) is 47.5 Å². The number of benzene rings is 1. The van der Waals surface area contributed by atoms with Crippen LogP contribution in [0.2, 0.25) is 0 Å². The Morgan fingerprint density at radius 2 is 2.06 bits per heavy atom. The monoisotopic (exact) mass is 244 g/mol. The molecule has 1 aliphatic carbocycles. The van der Waals surface area contributed by atoms with Gasteiger partial charge in [0, 0.05) is 19.1 Å². The Kier molecular flexibility index (Phi) is 3.67. The van der Waals surface area contributed by atoms with Crippen LogP contribution in [0.3, 0.4) is 0 Å². The van der Waals surface area contributed by atoms with E-state index >= 15 is 0 Å². The van der Waals surface area contributed by atoms with Crippen molar-refractivity contribution in [2.75, 3.05) is 19.6 Å². The summed E-state index contributed by atoms with van der Waals surface area (Å²) in [7, 11) is 0. The Morgan fingerprint density at radius 1 is 1.22 bits per heavy atom. The van der Waals surface area contributed by atoms with Crippen molar-refractivity contribution >= 4 is 0 Å². The van der Waals surface area contributed by atoms with Gasteiger partial charge in [-0.05, 0) is 43.3 Å². The van der Waals surface area contributed by atoms with Gasteiger partial charge in [-0.15, -0.1) is 0 Å². The van der Waals surface area contributed by atoms with Gasteiger partial charge >= 0.3 is 0 Å². The lowest BCUT2D eigenvalue weighted by Crippen LogP contribution is -2.35. The molecule has 0 aromatic heterocycles. The fraction of sp³-hybridized carbons (Fsp3) is 0.625. The second kappa shape index (κ2) is 5.41. The fourth-order valence-electron chi connectivity index (χ4n) is 3.86. The summed E-state index contributed by atoms with van der Waals surface area (Å²) in [5, 5.41) is 3.55. The van der Waals surface area contributed by atoms with Crippen LogP contribution in [0.4, 0.5) is 0 Å². The maximum absolute atomic E-state index is 3.55. The fourth-order valence-corrected chi connectivity index (χ4v) is 3.86. The summed E-state index contributed by atoms with van der Waals surface area (Å²) in [6.07, 6.45) is 2.86. The van der Waals surface area contributed by atoms with Crippen LogP contribution in [0.1, 0.15) is 25.3 Å². The molecule has 0 amide bonds. The van der Waals surface area contributed by atoms with Crippen LogP contribution < -0.4 is 5.32 Å². The molecule has 3 unspecified atom stereocenters. The van der Waals surface area contributed by atoms with E-state index in [-0.39, 0.29) is 0 Å².